The molecule has 8 nitrogen and oxygen atoms in total. The van der Waals surface area contributed by atoms with Crippen molar-refractivity contribution in [2.75, 3.05) is 0 Å². The summed E-state index contributed by atoms with van der Waals surface area (Å²) in [5, 5.41) is 8.89. The molecule has 4 rings (SSSR count). The summed E-state index contributed by atoms with van der Waals surface area (Å²) in [6.45, 7) is 1.98. The SMILES string of the molecule is Cc1nn(C)cc1CCc1nc(-c2ccc3c(=O)[nH]cnc3c2)no1. The number of aryl methyl sites for hydroxylation is 4. The zero-order valence-electron chi connectivity index (χ0n) is 13.9. The van der Waals surface area contributed by atoms with Gasteiger partial charge in [-0.05, 0) is 31.0 Å². The van der Waals surface area contributed by atoms with Crippen LogP contribution in [0.1, 0.15) is 17.1 Å². The van der Waals surface area contributed by atoms with Crippen molar-refractivity contribution >= 4 is 10.9 Å². The Labute approximate surface area is 142 Å². The molecule has 0 saturated carbocycles. The third kappa shape index (κ3) is 2.93. The third-order valence-electron chi connectivity index (χ3n) is 4.09. The number of nitrogens with zero attached hydrogens (tertiary/aromatic N) is 5. The van der Waals surface area contributed by atoms with Crippen LogP contribution in [0.25, 0.3) is 22.3 Å². The van der Waals surface area contributed by atoms with Crippen molar-refractivity contribution < 1.29 is 4.52 Å². The van der Waals surface area contributed by atoms with E-state index in [1.807, 2.05) is 20.2 Å². The molecule has 0 saturated heterocycles. The maximum absolute atomic E-state index is 11.7. The van der Waals surface area contributed by atoms with Gasteiger partial charge in [0.05, 0.1) is 22.9 Å². The third-order valence-corrected chi connectivity index (χ3v) is 4.09. The highest BCUT2D eigenvalue weighted by Gasteiger charge is 2.12. The molecule has 1 N–H and O–H groups in total. The number of rotatable bonds is 4. The maximum Gasteiger partial charge on any atom is 0.258 e. The fourth-order valence-corrected chi connectivity index (χ4v) is 2.82. The molecular formula is C17H16N6O2. The summed E-state index contributed by atoms with van der Waals surface area (Å²) in [7, 11) is 1.90. The Hall–Kier alpha value is -3.29. The minimum absolute atomic E-state index is 0.169. The van der Waals surface area contributed by atoms with Crippen molar-refractivity contribution in [3.8, 4) is 11.4 Å². The van der Waals surface area contributed by atoms with Gasteiger partial charge in [0, 0.05) is 25.2 Å². The smallest absolute Gasteiger partial charge is 0.258 e. The van der Waals surface area contributed by atoms with E-state index in [-0.39, 0.29) is 5.56 Å². The van der Waals surface area contributed by atoms with Crippen LogP contribution in [0.5, 0.6) is 0 Å². The minimum atomic E-state index is -0.169. The van der Waals surface area contributed by atoms with Crippen LogP contribution in [0.15, 0.2) is 40.0 Å². The van der Waals surface area contributed by atoms with Gasteiger partial charge in [0.25, 0.3) is 5.56 Å². The van der Waals surface area contributed by atoms with Crippen LogP contribution in [0.2, 0.25) is 0 Å². The zero-order chi connectivity index (χ0) is 17.4. The monoisotopic (exact) mass is 336 g/mol. The number of benzene rings is 1. The lowest BCUT2D eigenvalue weighted by Crippen LogP contribution is -2.05. The Bertz CT molecular complexity index is 1110. The number of H-pyrrole nitrogens is 1. The molecule has 0 aliphatic heterocycles. The Morgan fingerprint density at radius 3 is 2.96 bits per heavy atom. The van der Waals surface area contributed by atoms with Gasteiger partial charge in [-0.1, -0.05) is 11.2 Å². The van der Waals surface area contributed by atoms with Gasteiger partial charge in [-0.25, -0.2) is 4.98 Å². The van der Waals surface area contributed by atoms with Crippen molar-refractivity contribution in [1.29, 1.82) is 0 Å². The van der Waals surface area contributed by atoms with Crippen molar-refractivity contribution in [1.82, 2.24) is 29.9 Å². The topological polar surface area (TPSA) is 102 Å². The van der Waals surface area contributed by atoms with Crippen LogP contribution in [-0.2, 0) is 19.9 Å². The molecule has 0 aliphatic carbocycles. The van der Waals surface area contributed by atoms with Crippen molar-refractivity contribution in [3.63, 3.8) is 0 Å². The van der Waals surface area contributed by atoms with E-state index in [0.29, 0.717) is 29.0 Å². The molecule has 0 spiro atoms. The molecule has 1 aromatic carbocycles. The van der Waals surface area contributed by atoms with Gasteiger partial charge in [0.15, 0.2) is 0 Å². The normalized spacial score (nSPS) is 11.3. The second kappa shape index (κ2) is 5.97. The molecule has 3 heterocycles. The second-order valence-electron chi connectivity index (χ2n) is 5.89. The lowest BCUT2D eigenvalue weighted by atomic mass is 10.1. The standard InChI is InChI=1S/C17H16N6O2/c1-10-12(8-23(2)21-10)4-6-15-20-16(22-25-15)11-3-5-13-14(7-11)18-9-19-17(13)24/h3,5,7-9H,4,6H2,1-2H3,(H,18,19,24). The molecule has 126 valence electrons. The van der Waals surface area contributed by atoms with E-state index in [1.165, 1.54) is 6.33 Å². The average Bonchev–Trinajstić information content (AvgIpc) is 3.19. The van der Waals surface area contributed by atoms with Gasteiger partial charge < -0.3 is 9.51 Å². The summed E-state index contributed by atoms with van der Waals surface area (Å²) in [6.07, 6.45) is 4.81. The molecule has 0 atom stereocenters. The highest BCUT2D eigenvalue weighted by molar-refractivity contribution is 5.81. The van der Waals surface area contributed by atoms with Crippen molar-refractivity contribution in [2.45, 2.75) is 19.8 Å². The zero-order valence-corrected chi connectivity index (χ0v) is 13.9. The summed E-state index contributed by atoms with van der Waals surface area (Å²) in [6, 6.07) is 5.29. The predicted octanol–water partition coefficient (Wildman–Crippen LogP) is 1.80. The summed E-state index contributed by atoms with van der Waals surface area (Å²) >= 11 is 0. The molecule has 0 unspecified atom stereocenters. The quantitative estimate of drug-likeness (QED) is 0.609. The summed E-state index contributed by atoms with van der Waals surface area (Å²) in [5.41, 5.74) is 3.36. The Morgan fingerprint density at radius 1 is 1.28 bits per heavy atom. The van der Waals surface area contributed by atoms with E-state index >= 15 is 0 Å². The Morgan fingerprint density at radius 2 is 2.16 bits per heavy atom. The van der Waals surface area contributed by atoms with Crippen molar-refractivity contribution in [3.05, 3.63) is 58.2 Å². The van der Waals surface area contributed by atoms with E-state index in [2.05, 4.69) is 25.2 Å². The van der Waals surface area contributed by atoms with E-state index in [1.54, 1.807) is 22.9 Å². The van der Waals surface area contributed by atoms with E-state index in [9.17, 15) is 4.79 Å². The van der Waals surface area contributed by atoms with Gasteiger partial charge in [0.2, 0.25) is 11.7 Å². The van der Waals surface area contributed by atoms with Crippen molar-refractivity contribution in [2.24, 2.45) is 7.05 Å². The highest BCUT2D eigenvalue weighted by atomic mass is 16.5. The first-order valence-corrected chi connectivity index (χ1v) is 7.89. The first-order valence-electron chi connectivity index (χ1n) is 7.89. The first kappa shape index (κ1) is 15.3. The van der Waals surface area contributed by atoms with Gasteiger partial charge in [-0.3, -0.25) is 9.48 Å². The van der Waals surface area contributed by atoms with Crippen LogP contribution in [0.4, 0.5) is 0 Å². The van der Waals surface area contributed by atoms with Gasteiger partial charge >= 0.3 is 0 Å². The lowest BCUT2D eigenvalue weighted by Gasteiger charge is -1.98. The van der Waals surface area contributed by atoms with E-state index in [4.69, 9.17) is 4.52 Å². The number of aromatic nitrogens is 6. The molecule has 25 heavy (non-hydrogen) atoms. The molecule has 0 bridgehead atoms. The van der Waals surface area contributed by atoms with Crippen LogP contribution < -0.4 is 5.56 Å². The molecule has 0 radical (unpaired) electrons. The molecule has 8 heteroatoms. The summed E-state index contributed by atoms with van der Waals surface area (Å²) in [5.74, 6) is 1.05. The predicted molar refractivity (Wildman–Crippen MR) is 91.0 cm³/mol. The minimum Gasteiger partial charge on any atom is -0.339 e. The lowest BCUT2D eigenvalue weighted by molar-refractivity contribution is 0.379. The van der Waals surface area contributed by atoms with Gasteiger partial charge in [0.1, 0.15) is 0 Å². The highest BCUT2D eigenvalue weighted by Crippen LogP contribution is 2.20. The Kier molecular flexibility index (Phi) is 3.64. The summed E-state index contributed by atoms with van der Waals surface area (Å²) < 4.78 is 7.15. The maximum atomic E-state index is 11.7. The molecule has 0 aliphatic rings. The molecule has 0 fully saturated rings. The fourth-order valence-electron chi connectivity index (χ4n) is 2.82. The molecular weight excluding hydrogens is 320 g/mol. The number of hydrogen-bond donors (Lipinski definition) is 1. The fraction of sp³-hybridized carbons (Fsp3) is 0.235. The van der Waals surface area contributed by atoms with Gasteiger partial charge in [-0.2, -0.15) is 10.1 Å². The number of nitrogens with one attached hydrogen (secondary N) is 1. The summed E-state index contributed by atoms with van der Waals surface area (Å²) in [4.78, 5) is 22.9. The van der Waals surface area contributed by atoms with Gasteiger partial charge in [-0.15, -0.1) is 0 Å². The first-order chi connectivity index (χ1) is 12.1. The van der Waals surface area contributed by atoms with Crippen LogP contribution in [0.3, 0.4) is 0 Å². The van der Waals surface area contributed by atoms with Crippen LogP contribution in [-0.4, -0.2) is 29.9 Å². The largest absolute Gasteiger partial charge is 0.339 e. The number of hydrogen-bond acceptors (Lipinski definition) is 6. The number of aromatic amines is 1. The van der Waals surface area contributed by atoms with Crippen LogP contribution in [0, 0.1) is 6.92 Å². The molecule has 0 amide bonds. The Balaban J connectivity index is 1.56. The second-order valence-corrected chi connectivity index (χ2v) is 5.89. The average molecular weight is 336 g/mol. The van der Waals surface area contributed by atoms with Crippen LogP contribution >= 0.6 is 0 Å². The molecule has 3 aromatic heterocycles. The van der Waals surface area contributed by atoms with E-state index in [0.717, 1.165) is 23.2 Å². The molecule has 4 aromatic rings. The van der Waals surface area contributed by atoms with E-state index < -0.39 is 0 Å². The number of fused-ring (bicyclic) bond motifs is 1.